The van der Waals surface area contributed by atoms with Crippen LogP contribution in [0.1, 0.15) is 17.2 Å². The van der Waals surface area contributed by atoms with E-state index in [2.05, 4.69) is 17.4 Å². The Hall–Kier alpha value is -1.02. The molecule has 12 heavy (non-hydrogen) atoms. The topological polar surface area (TPSA) is 31.2 Å². The lowest BCUT2D eigenvalue weighted by Crippen LogP contribution is -1.97. The number of hydrogen-bond acceptors (Lipinski definition) is 2. The molecule has 2 nitrogen and oxygen atoms in total. The van der Waals surface area contributed by atoms with Crippen molar-refractivity contribution < 1.29 is 4.74 Å². The average Bonchev–Trinajstić information content (AvgIpc) is 2.79. The molecule has 1 aromatic carbocycles. The highest BCUT2D eigenvalue weighted by Crippen LogP contribution is 2.42. The normalized spacial score (nSPS) is 29.4. The summed E-state index contributed by atoms with van der Waals surface area (Å²) in [5.74, 6) is 0.975. The second-order valence-electron chi connectivity index (χ2n) is 3.52. The first-order chi connectivity index (χ1) is 5.88. The van der Waals surface area contributed by atoms with E-state index in [1.165, 1.54) is 17.5 Å². The molecule has 2 heteroatoms. The molecule has 2 aliphatic rings. The third kappa shape index (κ3) is 0.730. The highest BCUT2D eigenvalue weighted by Gasteiger charge is 2.44. The van der Waals surface area contributed by atoms with E-state index in [1.54, 1.807) is 7.11 Å². The summed E-state index contributed by atoms with van der Waals surface area (Å²) in [6.07, 6.45) is 1.20. The van der Waals surface area contributed by atoms with E-state index in [1.807, 2.05) is 6.07 Å². The largest absolute Gasteiger partial charge is 0.497 e. The van der Waals surface area contributed by atoms with Crippen molar-refractivity contribution >= 4 is 0 Å². The Kier molecular flexibility index (Phi) is 1.09. The molecule has 0 amide bonds. The Morgan fingerprint density at radius 2 is 2.42 bits per heavy atom. The molecular weight excluding hydrogens is 150 g/mol. The molecule has 62 valence electrons. The molecule has 0 unspecified atom stereocenters. The first-order valence-corrected chi connectivity index (χ1v) is 4.31. The van der Waals surface area contributed by atoms with Gasteiger partial charge < -0.3 is 10.1 Å². The maximum absolute atomic E-state index is 5.18. The lowest BCUT2D eigenvalue weighted by atomic mass is 10.1. The molecule has 0 spiro atoms. The summed E-state index contributed by atoms with van der Waals surface area (Å²) in [7, 11) is 1.72. The van der Waals surface area contributed by atoms with Gasteiger partial charge in [0.05, 0.1) is 7.11 Å². The van der Waals surface area contributed by atoms with Gasteiger partial charge in [-0.2, -0.15) is 0 Å². The fourth-order valence-electron chi connectivity index (χ4n) is 2.07. The molecule has 2 atom stereocenters. The molecule has 1 aliphatic heterocycles. The van der Waals surface area contributed by atoms with Gasteiger partial charge >= 0.3 is 0 Å². The molecule has 0 bridgehead atoms. The predicted octanol–water partition coefficient (Wildman–Crippen LogP) is 1.26. The van der Waals surface area contributed by atoms with Gasteiger partial charge in [0.15, 0.2) is 0 Å². The van der Waals surface area contributed by atoms with Gasteiger partial charge in [0.2, 0.25) is 0 Å². The zero-order chi connectivity index (χ0) is 8.13. The standard InChI is InChI=1S/C10H11NO/c1-12-7-3-2-6-4-9-10(11-9)8(6)5-7/h2-3,5,9-11H,4H2,1H3/t9-,10+/m1/s1. The molecular formula is C10H11NO. The van der Waals surface area contributed by atoms with Crippen molar-refractivity contribution in [2.24, 2.45) is 0 Å². The average molecular weight is 161 g/mol. The van der Waals surface area contributed by atoms with E-state index in [0.29, 0.717) is 6.04 Å². The second kappa shape index (κ2) is 2.02. The van der Waals surface area contributed by atoms with Crippen molar-refractivity contribution in [1.82, 2.24) is 5.32 Å². The van der Waals surface area contributed by atoms with Crippen LogP contribution in [0.2, 0.25) is 0 Å². The summed E-state index contributed by atoms with van der Waals surface area (Å²) >= 11 is 0. The van der Waals surface area contributed by atoms with Crippen molar-refractivity contribution in [3.8, 4) is 5.75 Å². The van der Waals surface area contributed by atoms with E-state index in [0.717, 1.165) is 11.8 Å². The summed E-state index contributed by atoms with van der Waals surface area (Å²) in [4.78, 5) is 0. The summed E-state index contributed by atoms with van der Waals surface area (Å²) in [6, 6.07) is 7.74. The van der Waals surface area contributed by atoms with Crippen LogP contribution in [0.5, 0.6) is 5.75 Å². The summed E-state index contributed by atoms with van der Waals surface area (Å²) in [5.41, 5.74) is 2.93. The van der Waals surface area contributed by atoms with Crippen molar-refractivity contribution in [3.63, 3.8) is 0 Å². The quantitative estimate of drug-likeness (QED) is 0.629. The van der Waals surface area contributed by atoms with Gasteiger partial charge in [0, 0.05) is 12.1 Å². The fraction of sp³-hybridized carbons (Fsp3) is 0.400. The van der Waals surface area contributed by atoms with Gasteiger partial charge in [-0.3, -0.25) is 0 Å². The molecule has 0 radical (unpaired) electrons. The van der Waals surface area contributed by atoms with Gasteiger partial charge in [-0.1, -0.05) is 6.07 Å². The molecule has 1 aromatic rings. The highest BCUT2D eigenvalue weighted by atomic mass is 16.5. The highest BCUT2D eigenvalue weighted by molar-refractivity contribution is 5.46. The van der Waals surface area contributed by atoms with Gasteiger partial charge in [-0.05, 0) is 29.7 Å². The van der Waals surface area contributed by atoms with Gasteiger partial charge in [-0.15, -0.1) is 0 Å². The van der Waals surface area contributed by atoms with Crippen LogP contribution in [-0.2, 0) is 6.42 Å². The van der Waals surface area contributed by atoms with Crippen LogP contribution in [-0.4, -0.2) is 13.2 Å². The number of hydrogen-bond donors (Lipinski definition) is 1. The molecule has 1 N–H and O–H groups in total. The smallest absolute Gasteiger partial charge is 0.119 e. The van der Waals surface area contributed by atoms with Crippen molar-refractivity contribution in [3.05, 3.63) is 29.3 Å². The van der Waals surface area contributed by atoms with E-state index >= 15 is 0 Å². The maximum atomic E-state index is 5.18. The minimum Gasteiger partial charge on any atom is -0.497 e. The van der Waals surface area contributed by atoms with Gasteiger partial charge in [-0.25, -0.2) is 0 Å². The molecule has 0 saturated carbocycles. The number of rotatable bonds is 1. The van der Waals surface area contributed by atoms with Crippen LogP contribution in [0.25, 0.3) is 0 Å². The molecule has 1 fully saturated rings. The van der Waals surface area contributed by atoms with Crippen LogP contribution < -0.4 is 10.1 Å². The van der Waals surface area contributed by atoms with E-state index < -0.39 is 0 Å². The first-order valence-electron chi connectivity index (χ1n) is 4.31. The third-order valence-corrected chi connectivity index (χ3v) is 2.81. The molecule has 3 rings (SSSR count). The Balaban J connectivity index is 2.09. The molecule has 1 aliphatic carbocycles. The van der Waals surface area contributed by atoms with Crippen LogP contribution in [0, 0.1) is 0 Å². The number of nitrogens with one attached hydrogen (secondary N) is 1. The zero-order valence-electron chi connectivity index (χ0n) is 7.00. The van der Waals surface area contributed by atoms with E-state index in [-0.39, 0.29) is 0 Å². The van der Waals surface area contributed by atoms with Gasteiger partial charge in [0.25, 0.3) is 0 Å². The number of fused-ring (bicyclic) bond motifs is 3. The fourth-order valence-corrected chi connectivity index (χ4v) is 2.07. The molecule has 1 heterocycles. The molecule has 0 aromatic heterocycles. The van der Waals surface area contributed by atoms with Crippen molar-refractivity contribution in [2.75, 3.05) is 7.11 Å². The number of ether oxygens (including phenoxy) is 1. The monoisotopic (exact) mass is 161 g/mol. The minimum atomic E-state index is 0.634. The maximum Gasteiger partial charge on any atom is 0.119 e. The minimum absolute atomic E-state index is 0.634. The predicted molar refractivity (Wildman–Crippen MR) is 46.4 cm³/mol. The van der Waals surface area contributed by atoms with Crippen LogP contribution in [0.4, 0.5) is 0 Å². The second-order valence-corrected chi connectivity index (χ2v) is 3.52. The Morgan fingerprint density at radius 3 is 3.25 bits per heavy atom. The van der Waals surface area contributed by atoms with Gasteiger partial charge in [0.1, 0.15) is 5.75 Å². The Morgan fingerprint density at radius 1 is 1.50 bits per heavy atom. The first kappa shape index (κ1) is 6.49. The number of benzene rings is 1. The zero-order valence-corrected chi connectivity index (χ0v) is 7.00. The lowest BCUT2D eigenvalue weighted by molar-refractivity contribution is 0.414. The third-order valence-electron chi connectivity index (χ3n) is 2.81. The molecule has 1 saturated heterocycles. The van der Waals surface area contributed by atoms with E-state index in [9.17, 15) is 0 Å². The van der Waals surface area contributed by atoms with Crippen molar-refractivity contribution in [2.45, 2.75) is 18.5 Å². The summed E-state index contributed by atoms with van der Waals surface area (Å²) < 4.78 is 5.18. The SMILES string of the molecule is COc1ccc2c(c1)[C@@H]1N[C@@H]1C2. The summed E-state index contributed by atoms with van der Waals surface area (Å²) in [5, 5.41) is 3.42. The Labute approximate surface area is 71.5 Å². The van der Waals surface area contributed by atoms with Crippen LogP contribution in [0.15, 0.2) is 18.2 Å². The van der Waals surface area contributed by atoms with Crippen LogP contribution >= 0.6 is 0 Å². The Bertz CT molecular complexity index is 335. The van der Waals surface area contributed by atoms with Crippen LogP contribution in [0.3, 0.4) is 0 Å². The lowest BCUT2D eigenvalue weighted by Gasteiger charge is -2.04. The summed E-state index contributed by atoms with van der Waals surface area (Å²) in [6.45, 7) is 0. The van der Waals surface area contributed by atoms with Crippen molar-refractivity contribution in [1.29, 1.82) is 0 Å². The number of methoxy groups -OCH3 is 1. The van der Waals surface area contributed by atoms with E-state index in [4.69, 9.17) is 4.74 Å².